The Labute approximate surface area is 124 Å². The molecular formula is C16H22N2OS. The minimum atomic E-state index is 0.0433. The molecule has 1 heterocycles. The van der Waals surface area contributed by atoms with Crippen molar-refractivity contribution in [1.29, 1.82) is 0 Å². The third-order valence-corrected chi connectivity index (χ3v) is 4.30. The molecule has 4 heteroatoms. The van der Waals surface area contributed by atoms with E-state index in [0.29, 0.717) is 6.61 Å². The number of aryl methyl sites for hydroxylation is 2. The first-order chi connectivity index (χ1) is 9.60. The number of hydrogen-bond donors (Lipinski definition) is 1. The topological polar surface area (TPSA) is 48.1 Å². The van der Waals surface area contributed by atoms with Gasteiger partial charge in [0, 0.05) is 10.9 Å². The second kappa shape index (κ2) is 6.86. The first-order valence-corrected chi connectivity index (χ1v) is 7.85. The van der Waals surface area contributed by atoms with Gasteiger partial charge in [-0.05, 0) is 38.0 Å². The number of benzene rings is 1. The molecule has 0 radical (unpaired) electrons. The molecule has 0 fully saturated rings. The highest BCUT2D eigenvalue weighted by Crippen LogP contribution is 2.26. The van der Waals surface area contributed by atoms with Crippen molar-refractivity contribution in [2.45, 2.75) is 46.3 Å². The van der Waals surface area contributed by atoms with Crippen molar-refractivity contribution >= 4 is 11.3 Å². The quantitative estimate of drug-likeness (QED) is 0.874. The average molecular weight is 290 g/mol. The summed E-state index contributed by atoms with van der Waals surface area (Å²) < 4.78 is 5.81. The Bertz CT molecular complexity index is 563. The maximum absolute atomic E-state index is 6.01. The summed E-state index contributed by atoms with van der Waals surface area (Å²) in [5.74, 6) is 0.889. The summed E-state index contributed by atoms with van der Waals surface area (Å²) in [6.07, 6.45) is 2.07. The molecule has 1 unspecified atom stereocenters. The van der Waals surface area contributed by atoms with Gasteiger partial charge in [0.25, 0.3) is 0 Å². The summed E-state index contributed by atoms with van der Waals surface area (Å²) in [4.78, 5) is 5.86. The van der Waals surface area contributed by atoms with Gasteiger partial charge in [0.05, 0.1) is 5.69 Å². The zero-order valence-electron chi connectivity index (χ0n) is 12.3. The van der Waals surface area contributed by atoms with Crippen LogP contribution < -0.4 is 10.5 Å². The zero-order chi connectivity index (χ0) is 14.5. The van der Waals surface area contributed by atoms with E-state index in [2.05, 4.69) is 24.9 Å². The SMILES string of the molecule is CCCc1nc(COc2cccc(C)c2)sc1C(C)N. The van der Waals surface area contributed by atoms with E-state index in [1.54, 1.807) is 11.3 Å². The molecular weight excluding hydrogens is 268 g/mol. The Morgan fingerprint density at radius 2 is 2.20 bits per heavy atom. The van der Waals surface area contributed by atoms with Gasteiger partial charge < -0.3 is 10.5 Å². The summed E-state index contributed by atoms with van der Waals surface area (Å²) in [6.45, 7) is 6.74. The molecule has 0 spiro atoms. The predicted octanol–water partition coefficient (Wildman–Crippen LogP) is 4.00. The Hall–Kier alpha value is -1.39. The van der Waals surface area contributed by atoms with Crippen LogP contribution in [0.2, 0.25) is 0 Å². The Morgan fingerprint density at radius 1 is 1.40 bits per heavy atom. The summed E-state index contributed by atoms with van der Waals surface area (Å²) in [7, 11) is 0. The lowest BCUT2D eigenvalue weighted by molar-refractivity contribution is 0.305. The van der Waals surface area contributed by atoms with Gasteiger partial charge in [-0.1, -0.05) is 25.5 Å². The second-order valence-corrected chi connectivity index (χ2v) is 6.18. The number of hydrogen-bond acceptors (Lipinski definition) is 4. The van der Waals surface area contributed by atoms with Crippen molar-refractivity contribution in [3.05, 3.63) is 45.4 Å². The monoisotopic (exact) mass is 290 g/mol. The Kier molecular flexibility index (Phi) is 5.15. The summed E-state index contributed by atoms with van der Waals surface area (Å²) in [5, 5.41) is 1.00. The van der Waals surface area contributed by atoms with Crippen molar-refractivity contribution in [2.75, 3.05) is 0 Å². The standard InChI is InChI=1S/C16H22N2OS/c1-4-6-14-16(12(3)17)20-15(18-14)10-19-13-8-5-7-11(2)9-13/h5,7-9,12H,4,6,10,17H2,1-3H3. The molecule has 0 aliphatic heterocycles. The molecule has 0 bridgehead atoms. The van der Waals surface area contributed by atoms with E-state index >= 15 is 0 Å². The van der Waals surface area contributed by atoms with Crippen LogP contribution >= 0.6 is 11.3 Å². The molecule has 2 rings (SSSR count). The predicted molar refractivity (Wildman–Crippen MR) is 84.2 cm³/mol. The zero-order valence-corrected chi connectivity index (χ0v) is 13.2. The van der Waals surface area contributed by atoms with Gasteiger partial charge in [0.15, 0.2) is 0 Å². The largest absolute Gasteiger partial charge is 0.486 e. The van der Waals surface area contributed by atoms with Crippen LogP contribution in [0.3, 0.4) is 0 Å². The molecule has 0 aliphatic carbocycles. The van der Waals surface area contributed by atoms with Crippen LogP contribution in [0.5, 0.6) is 5.75 Å². The second-order valence-electron chi connectivity index (χ2n) is 5.06. The number of rotatable bonds is 6. The fourth-order valence-corrected chi connectivity index (χ4v) is 3.08. The average Bonchev–Trinajstić information content (AvgIpc) is 2.80. The van der Waals surface area contributed by atoms with Crippen molar-refractivity contribution in [2.24, 2.45) is 5.73 Å². The molecule has 0 saturated carbocycles. The number of nitrogens with zero attached hydrogens (tertiary/aromatic N) is 1. The van der Waals surface area contributed by atoms with E-state index in [9.17, 15) is 0 Å². The van der Waals surface area contributed by atoms with Crippen molar-refractivity contribution in [1.82, 2.24) is 4.98 Å². The van der Waals surface area contributed by atoms with Gasteiger partial charge in [-0.25, -0.2) is 4.98 Å². The third-order valence-electron chi connectivity index (χ3n) is 3.02. The molecule has 1 aromatic carbocycles. The number of nitrogens with two attached hydrogens (primary N) is 1. The Morgan fingerprint density at radius 3 is 2.85 bits per heavy atom. The number of ether oxygens (including phenoxy) is 1. The first-order valence-electron chi connectivity index (χ1n) is 7.03. The minimum absolute atomic E-state index is 0.0433. The summed E-state index contributed by atoms with van der Waals surface area (Å²) in [6, 6.07) is 8.11. The molecule has 3 nitrogen and oxygen atoms in total. The summed E-state index contributed by atoms with van der Waals surface area (Å²) in [5.41, 5.74) is 8.35. The van der Waals surface area contributed by atoms with Crippen LogP contribution in [0.4, 0.5) is 0 Å². The molecule has 0 amide bonds. The number of aromatic nitrogens is 1. The molecule has 2 N–H and O–H groups in total. The molecule has 1 atom stereocenters. The number of thiazole rings is 1. The molecule has 0 aliphatic rings. The molecule has 0 saturated heterocycles. The molecule has 1 aromatic heterocycles. The fourth-order valence-electron chi connectivity index (χ4n) is 2.10. The van der Waals surface area contributed by atoms with E-state index in [4.69, 9.17) is 10.5 Å². The van der Waals surface area contributed by atoms with Crippen LogP contribution in [0.1, 0.15) is 47.5 Å². The van der Waals surface area contributed by atoms with E-state index in [1.807, 2.05) is 25.1 Å². The lowest BCUT2D eigenvalue weighted by Crippen LogP contribution is -2.05. The van der Waals surface area contributed by atoms with Gasteiger partial charge in [0.2, 0.25) is 0 Å². The van der Waals surface area contributed by atoms with E-state index in [0.717, 1.165) is 29.3 Å². The lowest BCUT2D eigenvalue weighted by Gasteiger charge is -2.04. The van der Waals surface area contributed by atoms with Crippen LogP contribution in [-0.4, -0.2) is 4.98 Å². The van der Waals surface area contributed by atoms with Crippen LogP contribution in [0.25, 0.3) is 0 Å². The highest BCUT2D eigenvalue weighted by atomic mass is 32.1. The van der Waals surface area contributed by atoms with E-state index < -0.39 is 0 Å². The first kappa shape index (κ1) is 15.0. The van der Waals surface area contributed by atoms with Gasteiger partial charge >= 0.3 is 0 Å². The highest BCUT2D eigenvalue weighted by molar-refractivity contribution is 7.11. The molecule has 20 heavy (non-hydrogen) atoms. The van der Waals surface area contributed by atoms with Gasteiger partial charge in [-0.3, -0.25) is 0 Å². The minimum Gasteiger partial charge on any atom is -0.486 e. The van der Waals surface area contributed by atoms with Crippen molar-refractivity contribution in [3.8, 4) is 5.75 Å². The maximum Gasteiger partial charge on any atom is 0.140 e. The fraction of sp³-hybridized carbons (Fsp3) is 0.438. The van der Waals surface area contributed by atoms with E-state index in [-0.39, 0.29) is 6.04 Å². The van der Waals surface area contributed by atoms with Gasteiger partial charge in [-0.15, -0.1) is 11.3 Å². The Balaban J connectivity index is 2.07. The van der Waals surface area contributed by atoms with Crippen molar-refractivity contribution < 1.29 is 4.74 Å². The molecule has 108 valence electrons. The van der Waals surface area contributed by atoms with Crippen LogP contribution in [0.15, 0.2) is 24.3 Å². The van der Waals surface area contributed by atoms with Crippen LogP contribution in [-0.2, 0) is 13.0 Å². The smallest absolute Gasteiger partial charge is 0.140 e. The lowest BCUT2D eigenvalue weighted by atomic mass is 10.2. The van der Waals surface area contributed by atoms with Gasteiger partial charge in [0.1, 0.15) is 17.4 Å². The van der Waals surface area contributed by atoms with Crippen molar-refractivity contribution in [3.63, 3.8) is 0 Å². The third kappa shape index (κ3) is 3.81. The summed E-state index contributed by atoms with van der Waals surface area (Å²) >= 11 is 1.67. The molecule has 2 aromatic rings. The van der Waals surface area contributed by atoms with Gasteiger partial charge in [-0.2, -0.15) is 0 Å². The normalized spacial score (nSPS) is 12.4. The maximum atomic E-state index is 6.01. The van der Waals surface area contributed by atoms with E-state index in [1.165, 1.54) is 10.4 Å². The van der Waals surface area contributed by atoms with Crippen LogP contribution in [0, 0.1) is 6.92 Å². The highest BCUT2D eigenvalue weighted by Gasteiger charge is 2.14.